The maximum Gasteiger partial charge on any atom is 0.439 e. The summed E-state index contributed by atoms with van der Waals surface area (Å²) in [4.78, 5) is 44.3. The third-order valence-electron chi connectivity index (χ3n) is 5.21. The van der Waals surface area contributed by atoms with E-state index >= 15 is 0 Å². The molecule has 1 unspecified atom stereocenters. The van der Waals surface area contributed by atoms with Crippen LogP contribution in [-0.2, 0) is 14.3 Å². The molecule has 0 saturated carbocycles. The molecule has 1 aromatic heterocycles. The summed E-state index contributed by atoms with van der Waals surface area (Å²) in [6, 6.07) is 9.41. The summed E-state index contributed by atoms with van der Waals surface area (Å²) in [5.41, 5.74) is -1.65. The zero-order valence-corrected chi connectivity index (χ0v) is 23.6. The predicted molar refractivity (Wildman–Crippen MR) is 147 cm³/mol. The number of pyridine rings is 1. The van der Waals surface area contributed by atoms with Crippen molar-refractivity contribution in [3.63, 3.8) is 0 Å². The summed E-state index contributed by atoms with van der Waals surface area (Å²) in [7, 11) is 1.39. The van der Waals surface area contributed by atoms with E-state index in [0.29, 0.717) is 10.4 Å². The highest BCUT2D eigenvalue weighted by Crippen LogP contribution is 2.36. The average molecular weight is 558 g/mol. The molecule has 1 heterocycles. The van der Waals surface area contributed by atoms with Crippen molar-refractivity contribution >= 4 is 46.2 Å². The van der Waals surface area contributed by atoms with Crippen molar-refractivity contribution in [3.8, 4) is 5.75 Å². The Morgan fingerprint density at radius 2 is 1.51 bits per heavy atom. The van der Waals surface area contributed by atoms with Gasteiger partial charge in [-0.15, -0.1) is 5.01 Å². The van der Waals surface area contributed by atoms with Crippen molar-refractivity contribution in [2.45, 2.75) is 58.8 Å². The molecule has 0 saturated heterocycles. The molecule has 0 spiro atoms. The van der Waals surface area contributed by atoms with Crippen LogP contribution in [0.4, 0.5) is 15.3 Å². The first-order chi connectivity index (χ1) is 18.1. The van der Waals surface area contributed by atoms with Crippen molar-refractivity contribution in [3.05, 3.63) is 65.4 Å². The Morgan fingerprint density at radius 3 is 2.05 bits per heavy atom. The number of halogens is 1. The molecule has 1 N–H and O–H groups in total. The molecule has 3 aromatic rings. The minimum absolute atomic E-state index is 0.177. The van der Waals surface area contributed by atoms with Gasteiger partial charge < -0.3 is 19.3 Å². The second-order valence-electron chi connectivity index (χ2n) is 10.7. The number of ether oxygens (including phenoxy) is 3. The average Bonchev–Trinajstić information content (AvgIpc) is 2.81. The van der Waals surface area contributed by atoms with E-state index in [4.69, 9.17) is 25.8 Å². The van der Waals surface area contributed by atoms with Crippen LogP contribution in [0.1, 0.15) is 53.1 Å². The number of imide groups is 1. The van der Waals surface area contributed by atoms with Crippen LogP contribution >= 0.6 is 11.6 Å². The molecule has 208 valence electrons. The molecular weight excluding hydrogens is 526 g/mol. The van der Waals surface area contributed by atoms with Gasteiger partial charge in [0.2, 0.25) is 0 Å². The van der Waals surface area contributed by atoms with Crippen LogP contribution in [0, 0.1) is 0 Å². The molecule has 39 heavy (non-hydrogen) atoms. The number of carboxylic acid groups (broad SMARTS) is 1. The number of fused-ring (bicyclic) bond motifs is 1. The number of hydrazine groups is 1. The van der Waals surface area contributed by atoms with Gasteiger partial charge in [0.1, 0.15) is 17.0 Å². The molecule has 0 fully saturated rings. The summed E-state index contributed by atoms with van der Waals surface area (Å²) >= 11 is 6.20. The summed E-state index contributed by atoms with van der Waals surface area (Å²) in [5, 5.41) is 13.8. The minimum atomic E-state index is -1.62. The number of benzene rings is 2. The predicted octanol–water partition coefficient (Wildman–Crippen LogP) is 6.62. The number of nitrogens with zero attached hydrogens (tertiary/aromatic N) is 3. The lowest BCUT2D eigenvalue weighted by molar-refractivity contribution is -0.139. The molecular formula is C28H32ClN3O7. The highest BCUT2D eigenvalue weighted by atomic mass is 35.5. The summed E-state index contributed by atoms with van der Waals surface area (Å²) in [5.74, 6) is -1.16. The first-order valence-electron chi connectivity index (χ1n) is 12.1. The van der Waals surface area contributed by atoms with Crippen molar-refractivity contribution in [2.24, 2.45) is 0 Å². The smallest absolute Gasteiger partial charge is 0.439 e. The third kappa shape index (κ3) is 7.29. The highest BCUT2D eigenvalue weighted by molar-refractivity contribution is 6.32. The minimum Gasteiger partial charge on any atom is -0.495 e. The Labute approximate surface area is 232 Å². The number of carboxylic acids is 1. The Bertz CT molecular complexity index is 1350. The number of methoxy groups -OCH3 is 1. The normalized spacial score (nSPS) is 12.4. The SMILES string of the molecule is COc1cc(C(C(=O)O)N(c2ccc3cnccc3c2)N(C(=O)OC(C)(C)C)C(=O)OC(C)(C)C)ccc1Cl. The first kappa shape index (κ1) is 29.5. The lowest BCUT2D eigenvalue weighted by Crippen LogP contribution is -2.56. The number of rotatable bonds is 6. The van der Waals surface area contributed by atoms with E-state index in [0.717, 1.165) is 10.4 Å². The molecule has 0 aliphatic rings. The van der Waals surface area contributed by atoms with Gasteiger partial charge in [0.05, 0.1) is 17.8 Å². The number of aliphatic carboxylic acids is 1. The summed E-state index contributed by atoms with van der Waals surface area (Å²) in [6.45, 7) is 9.78. The molecule has 0 bridgehead atoms. The first-order valence-corrected chi connectivity index (χ1v) is 12.4. The Hall–Kier alpha value is -4.05. The van der Waals surface area contributed by atoms with E-state index in [1.807, 2.05) is 0 Å². The monoisotopic (exact) mass is 557 g/mol. The fourth-order valence-corrected chi connectivity index (χ4v) is 3.88. The number of hydrogen-bond donors (Lipinski definition) is 1. The van der Waals surface area contributed by atoms with Crippen molar-refractivity contribution in [1.29, 1.82) is 0 Å². The summed E-state index contributed by atoms with van der Waals surface area (Å²) in [6.07, 6.45) is 0.966. The van der Waals surface area contributed by atoms with Crippen LogP contribution in [0.2, 0.25) is 5.02 Å². The molecule has 0 aliphatic carbocycles. The van der Waals surface area contributed by atoms with Crippen LogP contribution in [0.3, 0.4) is 0 Å². The number of hydrogen-bond acceptors (Lipinski definition) is 8. The van der Waals surface area contributed by atoms with Gasteiger partial charge in [-0.05, 0) is 82.8 Å². The van der Waals surface area contributed by atoms with E-state index in [2.05, 4.69) is 4.98 Å². The van der Waals surface area contributed by atoms with Crippen LogP contribution in [0.15, 0.2) is 54.9 Å². The number of amides is 2. The van der Waals surface area contributed by atoms with Gasteiger partial charge in [0.15, 0.2) is 6.04 Å². The van der Waals surface area contributed by atoms with Crippen LogP contribution in [0.5, 0.6) is 5.75 Å². The van der Waals surface area contributed by atoms with E-state index in [-0.39, 0.29) is 22.0 Å². The van der Waals surface area contributed by atoms with Crippen LogP contribution in [0.25, 0.3) is 10.8 Å². The van der Waals surface area contributed by atoms with E-state index in [1.165, 1.54) is 25.3 Å². The molecule has 0 aliphatic heterocycles. The van der Waals surface area contributed by atoms with E-state index in [1.54, 1.807) is 78.2 Å². The van der Waals surface area contributed by atoms with Gasteiger partial charge in [-0.2, -0.15) is 0 Å². The molecule has 2 amide bonds. The lowest BCUT2D eigenvalue weighted by Gasteiger charge is -2.39. The van der Waals surface area contributed by atoms with E-state index in [9.17, 15) is 19.5 Å². The standard InChI is InChI=1S/C28H32ClN3O7/c1-27(2,3)38-25(35)32(26(36)39-28(4,5)6)31(20-10-8-19-16-30-13-12-17(19)14-20)23(24(33)34)18-9-11-21(29)22(15-18)37-7/h8-16,23H,1-7H3,(H,33,34). The number of anilines is 1. The zero-order valence-electron chi connectivity index (χ0n) is 22.9. The molecule has 3 rings (SSSR count). The zero-order chi connectivity index (χ0) is 29.1. The van der Waals surface area contributed by atoms with Crippen LogP contribution in [-0.4, -0.2) is 51.6 Å². The quantitative estimate of drug-likeness (QED) is 0.333. The fraction of sp³-hybridized carbons (Fsp3) is 0.357. The highest BCUT2D eigenvalue weighted by Gasteiger charge is 2.43. The third-order valence-corrected chi connectivity index (χ3v) is 5.52. The van der Waals surface area contributed by atoms with Gasteiger partial charge in [0, 0.05) is 17.8 Å². The fourth-order valence-electron chi connectivity index (χ4n) is 3.69. The molecule has 11 heteroatoms. The summed E-state index contributed by atoms with van der Waals surface area (Å²) < 4.78 is 16.4. The van der Waals surface area contributed by atoms with Crippen LogP contribution < -0.4 is 9.75 Å². The Balaban J connectivity index is 2.34. The van der Waals surface area contributed by atoms with Gasteiger partial charge in [0.25, 0.3) is 0 Å². The van der Waals surface area contributed by atoms with E-state index < -0.39 is 35.4 Å². The number of aromatic nitrogens is 1. The van der Waals surface area contributed by atoms with Gasteiger partial charge >= 0.3 is 18.2 Å². The van der Waals surface area contributed by atoms with Crippen molar-refractivity contribution in [2.75, 3.05) is 12.1 Å². The Morgan fingerprint density at radius 1 is 0.897 bits per heavy atom. The van der Waals surface area contributed by atoms with Gasteiger partial charge in [-0.3, -0.25) is 9.99 Å². The largest absolute Gasteiger partial charge is 0.495 e. The Kier molecular flexibility index (Phi) is 8.60. The second-order valence-corrected chi connectivity index (χ2v) is 11.1. The number of carbonyl (C=O) groups is 3. The molecule has 10 nitrogen and oxygen atoms in total. The maximum atomic E-state index is 13.6. The second kappa shape index (κ2) is 11.4. The molecule has 0 radical (unpaired) electrons. The topological polar surface area (TPSA) is 119 Å². The molecule has 2 aromatic carbocycles. The van der Waals surface area contributed by atoms with Crippen molar-refractivity contribution in [1.82, 2.24) is 9.99 Å². The number of carbonyl (C=O) groups excluding carboxylic acids is 2. The molecule has 1 atom stereocenters. The van der Waals surface area contributed by atoms with Gasteiger partial charge in [-0.1, -0.05) is 23.7 Å². The lowest BCUT2D eigenvalue weighted by atomic mass is 10.0. The van der Waals surface area contributed by atoms with Crippen molar-refractivity contribution < 1.29 is 33.7 Å². The van der Waals surface area contributed by atoms with Gasteiger partial charge in [-0.25, -0.2) is 14.4 Å². The maximum absolute atomic E-state index is 13.6.